The topological polar surface area (TPSA) is 186 Å². The third-order valence-electron chi connectivity index (χ3n) is 6.59. The van der Waals surface area contributed by atoms with Gasteiger partial charge in [-0.2, -0.15) is 0 Å². The van der Waals surface area contributed by atoms with Gasteiger partial charge in [-0.3, -0.25) is 9.59 Å². The van der Waals surface area contributed by atoms with E-state index < -0.39 is 66.3 Å². The first-order valence-electron chi connectivity index (χ1n) is 13.5. The summed E-state index contributed by atoms with van der Waals surface area (Å²) in [6.45, 7) is 4.16. The van der Waals surface area contributed by atoms with Crippen LogP contribution >= 0.6 is 11.8 Å². The Bertz CT molecular complexity index is 742. The highest BCUT2D eigenvalue weighted by Crippen LogP contribution is 2.41. The molecule has 11 nitrogen and oxygen atoms in total. The summed E-state index contributed by atoms with van der Waals surface area (Å²) in [5, 5.41) is 55.5. The molecule has 0 saturated carbocycles. The van der Waals surface area contributed by atoms with Gasteiger partial charge in [0.25, 0.3) is 0 Å². The van der Waals surface area contributed by atoms with E-state index >= 15 is 0 Å². The van der Waals surface area contributed by atoms with Crippen molar-refractivity contribution in [2.45, 2.75) is 113 Å². The molecular formula is C26H46N2O9S. The number of carboxylic acids is 1. The molecule has 1 saturated heterocycles. The molecule has 0 aromatic heterocycles. The number of rotatable bonds is 20. The van der Waals surface area contributed by atoms with E-state index in [0.717, 1.165) is 43.5 Å². The van der Waals surface area contributed by atoms with Gasteiger partial charge in [-0.05, 0) is 18.2 Å². The van der Waals surface area contributed by atoms with E-state index in [2.05, 4.69) is 24.1 Å². The van der Waals surface area contributed by atoms with Gasteiger partial charge < -0.3 is 40.9 Å². The third-order valence-corrected chi connectivity index (χ3v) is 7.98. The number of aliphatic carboxylic acids is 1. The minimum Gasteiger partial charge on any atom is -0.478 e. The quantitative estimate of drug-likeness (QED) is 0.0836. The van der Waals surface area contributed by atoms with Gasteiger partial charge in [0.1, 0.15) is 18.3 Å². The number of hydrogen-bond acceptors (Lipinski definition) is 9. The number of carbonyl (C=O) groups is 3. The van der Waals surface area contributed by atoms with Crippen LogP contribution < -0.4 is 10.6 Å². The number of unbranched alkanes of at least 4 members (excludes halogenated alkanes) is 9. The predicted octanol–water partition coefficient (Wildman–Crippen LogP) is 1.07. The minimum atomic E-state index is -1.92. The van der Waals surface area contributed by atoms with Gasteiger partial charge in [0.05, 0.1) is 25.3 Å². The molecule has 1 aliphatic heterocycles. The van der Waals surface area contributed by atoms with Crippen LogP contribution in [0.3, 0.4) is 0 Å². The van der Waals surface area contributed by atoms with Crippen LogP contribution in [0.4, 0.5) is 0 Å². The van der Waals surface area contributed by atoms with E-state index in [1.807, 2.05) is 0 Å². The maximum absolute atomic E-state index is 12.3. The molecule has 0 spiro atoms. The molecular weight excluding hydrogens is 516 g/mol. The summed E-state index contributed by atoms with van der Waals surface area (Å²) >= 11 is 0.995. The first-order chi connectivity index (χ1) is 18.1. The zero-order chi connectivity index (χ0) is 28.6. The number of aliphatic hydroxyl groups excluding tert-OH is 4. The lowest BCUT2D eigenvalue weighted by Gasteiger charge is -2.46. The van der Waals surface area contributed by atoms with Gasteiger partial charge in [0, 0.05) is 6.42 Å². The number of amides is 2. The lowest BCUT2D eigenvalue weighted by Crippen LogP contribution is -2.67. The fraction of sp³-hybridized carbons (Fsp3) is 0.808. The van der Waals surface area contributed by atoms with Crippen LogP contribution in [0, 0.1) is 0 Å². The van der Waals surface area contributed by atoms with Crippen LogP contribution in [0.25, 0.3) is 0 Å². The van der Waals surface area contributed by atoms with Crippen LogP contribution in [0.5, 0.6) is 0 Å². The van der Waals surface area contributed by atoms with Gasteiger partial charge in [0.2, 0.25) is 16.7 Å². The number of thioether (sulfide) groups is 1. The molecule has 0 aromatic carbocycles. The van der Waals surface area contributed by atoms with Crippen molar-refractivity contribution in [1.29, 1.82) is 0 Å². The molecule has 2 amide bonds. The van der Waals surface area contributed by atoms with E-state index in [9.17, 15) is 39.9 Å². The van der Waals surface area contributed by atoms with Crippen molar-refractivity contribution in [3.63, 3.8) is 0 Å². The molecule has 1 aliphatic rings. The van der Waals surface area contributed by atoms with E-state index in [0.29, 0.717) is 5.75 Å². The summed E-state index contributed by atoms with van der Waals surface area (Å²) in [4.78, 5) is 34.0. The van der Waals surface area contributed by atoms with Gasteiger partial charge in [-0.1, -0.05) is 71.3 Å². The Hall–Kier alpha value is -1.70. The SMILES string of the molecule is C=CC(=O)NCC(=O)N[C@H]1[C@H]([C@H](O)[C@H](O)CO)O[C@](SCCCCCCCCCCCC)(C(=O)O)C[C@@H]1O. The van der Waals surface area contributed by atoms with Crippen molar-refractivity contribution in [1.82, 2.24) is 10.6 Å². The van der Waals surface area contributed by atoms with Crippen molar-refractivity contribution in [2.75, 3.05) is 18.9 Å². The van der Waals surface area contributed by atoms with E-state index in [-0.39, 0.29) is 6.42 Å². The van der Waals surface area contributed by atoms with Crippen molar-refractivity contribution in [2.24, 2.45) is 0 Å². The summed E-state index contributed by atoms with van der Waals surface area (Å²) < 4.78 is 5.81. The molecule has 38 heavy (non-hydrogen) atoms. The second kappa shape index (κ2) is 18.6. The molecule has 0 radical (unpaired) electrons. The standard InChI is InChI=1S/C26H46N2O9S/c1-3-5-6-7-8-9-10-11-12-13-14-38-26(25(35)36)15-18(30)22(24(37-26)23(34)19(31)17-29)28-21(33)16-27-20(32)4-2/h4,18-19,22-24,29-31,34H,2-3,5-17H2,1H3,(H,27,32)(H,28,33)(H,35,36)/t18-,19+,22+,23+,24+,26+/m0/s1. The molecule has 220 valence electrons. The lowest BCUT2D eigenvalue weighted by molar-refractivity contribution is -0.205. The second-order valence-corrected chi connectivity index (χ2v) is 11.1. The number of carbonyl (C=O) groups excluding carboxylic acids is 2. The second-order valence-electron chi connectivity index (χ2n) is 9.70. The molecule has 0 aliphatic carbocycles. The average molecular weight is 563 g/mol. The Morgan fingerprint density at radius 2 is 1.66 bits per heavy atom. The third kappa shape index (κ3) is 11.6. The van der Waals surface area contributed by atoms with Crippen molar-refractivity contribution in [3.8, 4) is 0 Å². The van der Waals surface area contributed by atoms with Crippen LogP contribution in [0.15, 0.2) is 12.7 Å². The number of ether oxygens (including phenoxy) is 1. The van der Waals surface area contributed by atoms with Crippen LogP contribution in [-0.2, 0) is 19.1 Å². The maximum atomic E-state index is 12.3. The van der Waals surface area contributed by atoms with Gasteiger partial charge in [-0.15, -0.1) is 11.8 Å². The molecule has 6 atom stereocenters. The zero-order valence-corrected chi connectivity index (χ0v) is 23.2. The Morgan fingerprint density at radius 3 is 2.18 bits per heavy atom. The van der Waals surface area contributed by atoms with Gasteiger partial charge >= 0.3 is 5.97 Å². The van der Waals surface area contributed by atoms with Gasteiger partial charge in [-0.25, -0.2) is 4.79 Å². The van der Waals surface area contributed by atoms with Crippen LogP contribution in [0.2, 0.25) is 0 Å². The fourth-order valence-corrected chi connectivity index (χ4v) is 5.61. The summed E-state index contributed by atoms with van der Waals surface area (Å²) in [6, 6.07) is -1.30. The van der Waals surface area contributed by atoms with Crippen molar-refractivity contribution < 1.29 is 44.7 Å². The monoisotopic (exact) mass is 562 g/mol. The summed E-state index contributed by atoms with van der Waals surface area (Å²) in [7, 11) is 0. The van der Waals surface area contributed by atoms with Crippen molar-refractivity contribution >= 4 is 29.5 Å². The molecule has 1 rings (SSSR count). The molecule has 0 unspecified atom stereocenters. The number of hydrogen-bond donors (Lipinski definition) is 7. The molecule has 0 aromatic rings. The van der Waals surface area contributed by atoms with Gasteiger partial charge in [0.15, 0.2) is 0 Å². The summed E-state index contributed by atoms with van der Waals surface area (Å²) in [6.07, 6.45) is 5.35. The van der Waals surface area contributed by atoms with E-state index in [4.69, 9.17) is 4.74 Å². The zero-order valence-electron chi connectivity index (χ0n) is 22.3. The first-order valence-corrected chi connectivity index (χ1v) is 14.5. The molecule has 1 fully saturated rings. The molecule has 7 N–H and O–H groups in total. The smallest absolute Gasteiger partial charge is 0.346 e. The van der Waals surface area contributed by atoms with E-state index in [1.165, 1.54) is 38.5 Å². The highest BCUT2D eigenvalue weighted by Gasteiger charge is 2.55. The minimum absolute atomic E-state index is 0.382. The molecule has 12 heteroatoms. The van der Waals surface area contributed by atoms with Crippen LogP contribution in [0.1, 0.15) is 77.6 Å². The normalized spacial score (nSPS) is 24.8. The summed E-state index contributed by atoms with van der Waals surface area (Å²) in [5.74, 6) is -2.25. The van der Waals surface area contributed by atoms with E-state index in [1.54, 1.807) is 0 Å². The summed E-state index contributed by atoms with van der Waals surface area (Å²) in [5.41, 5.74) is 0. The Balaban J connectivity index is 2.75. The number of carboxylic acid groups (broad SMARTS) is 1. The predicted molar refractivity (Wildman–Crippen MR) is 144 cm³/mol. The highest BCUT2D eigenvalue weighted by atomic mass is 32.2. The molecule has 0 bridgehead atoms. The average Bonchev–Trinajstić information content (AvgIpc) is 2.90. The van der Waals surface area contributed by atoms with Crippen LogP contribution in [-0.4, -0.2) is 97.6 Å². The highest BCUT2D eigenvalue weighted by molar-refractivity contribution is 8.01. The molecule has 1 heterocycles. The largest absolute Gasteiger partial charge is 0.478 e. The van der Waals surface area contributed by atoms with Crippen molar-refractivity contribution in [3.05, 3.63) is 12.7 Å². The Labute approximate surface area is 229 Å². The Kier molecular flexibility index (Phi) is 16.8. The fourth-order valence-electron chi connectivity index (χ4n) is 4.35. The number of nitrogens with one attached hydrogen (secondary N) is 2. The number of aliphatic hydroxyl groups is 4. The Morgan fingerprint density at radius 1 is 1.08 bits per heavy atom. The maximum Gasteiger partial charge on any atom is 0.346 e. The lowest BCUT2D eigenvalue weighted by atomic mass is 9.89. The first kappa shape index (κ1) is 34.3.